The molecule has 0 spiro atoms. The van der Waals surface area contributed by atoms with Crippen LogP contribution in [0.1, 0.15) is 6.92 Å². The molecule has 0 aliphatic carbocycles. The SMILES string of the molecule is CCN(C1CNC1)S(=O)(=O)c1c(Cl)cccc1Cl. The summed E-state index contributed by atoms with van der Waals surface area (Å²) in [5.41, 5.74) is 0. The van der Waals surface area contributed by atoms with E-state index in [0.29, 0.717) is 19.6 Å². The van der Waals surface area contributed by atoms with Gasteiger partial charge in [0.2, 0.25) is 10.0 Å². The second-order valence-electron chi connectivity index (χ2n) is 4.07. The summed E-state index contributed by atoms with van der Waals surface area (Å²) in [6, 6.07) is 4.68. The highest BCUT2D eigenvalue weighted by atomic mass is 35.5. The van der Waals surface area contributed by atoms with Gasteiger partial charge in [0.05, 0.1) is 16.1 Å². The van der Waals surface area contributed by atoms with Crippen molar-refractivity contribution in [1.82, 2.24) is 9.62 Å². The van der Waals surface area contributed by atoms with Crippen LogP contribution in [0.4, 0.5) is 0 Å². The molecule has 0 amide bonds. The summed E-state index contributed by atoms with van der Waals surface area (Å²) in [4.78, 5) is 0.00193. The van der Waals surface area contributed by atoms with Crippen LogP contribution in [-0.4, -0.2) is 38.4 Å². The molecule has 0 radical (unpaired) electrons. The molecule has 0 unspecified atom stereocenters. The Morgan fingerprint density at radius 1 is 1.33 bits per heavy atom. The maximum absolute atomic E-state index is 12.6. The summed E-state index contributed by atoms with van der Waals surface area (Å²) in [5, 5.41) is 3.38. The van der Waals surface area contributed by atoms with Crippen molar-refractivity contribution < 1.29 is 8.42 Å². The largest absolute Gasteiger partial charge is 0.313 e. The van der Waals surface area contributed by atoms with E-state index in [4.69, 9.17) is 23.2 Å². The molecule has 0 saturated carbocycles. The Morgan fingerprint density at radius 2 is 1.89 bits per heavy atom. The van der Waals surface area contributed by atoms with Crippen LogP contribution in [0.25, 0.3) is 0 Å². The molecule has 1 saturated heterocycles. The quantitative estimate of drug-likeness (QED) is 0.925. The number of hydrogen-bond acceptors (Lipinski definition) is 3. The molecule has 0 bridgehead atoms. The summed E-state index contributed by atoms with van der Waals surface area (Å²) in [5.74, 6) is 0. The molecule has 100 valence electrons. The second-order valence-corrected chi connectivity index (χ2v) is 6.71. The van der Waals surface area contributed by atoms with Crippen LogP contribution in [0.2, 0.25) is 10.0 Å². The number of halogens is 2. The van der Waals surface area contributed by atoms with Crippen LogP contribution in [0.15, 0.2) is 23.1 Å². The third-order valence-corrected chi connectivity index (χ3v) is 5.95. The first kappa shape index (κ1) is 14.1. The van der Waals surface area contributed by atoms with E-state index in [1.165, 1.54) is 16.4 Å². The Balaban J connectivity index is 2.46. The van der Waals surface area contributed by atoms with E-state index in [9.17, 15) is 8.42 Å². The molecule has 1 fully saturated rings. The molecule has 7 heteroatoms. The lowest BCUT2D eigenvalue weighted by atomic mass is 10.2. The number of likely N-dealkylation sites (N-methyl/N-ethyl adjacent to an activating group) is 1. The van der Waals surface area contributed by atoms with Gasteiger partial charge < -0.3 is 5.32 Å². The minimum absolute atomic E-state index is 0.00193. The average molecular weight is 309 g/mol. The van der Waals surface area contributed by atoms with Gasteiger partial charge in [-0.15, -0.1) is 0 Å². The highest BCUT2D eigenvalue weighted by molar-refractivity contribution is 7.89. The Hall–Kier alpha value is -0.330. The molecule has 0 atom stereocenters. The van der Waals surface area contributed by atoms with Crippen molar-refractivity contribution in [1.29, 1.82) is 0 Å². The van der Waals surface area contributed by atoms with Crippen molar-refractivity contribution in [3.8, 4) is 0 Å². The molecule has 1 aromatic rings. The molecular formula is C11H14Cl2N2O2S. The fraction of sp³-hybridized carbons (Fsp3) is 0.455. The number of rotatable bonds is 4. The van der Waals surface area contributed by atoms with E-state index in [1.54, 1.807) is 13.0 Å². The predicted molar refractivity (Wildman–Crippen MR) is 72.7 cm³/mol. The van der Waals surface area contributed by atoms with Crippen LogP contribution >= 0.6 is 23.2 Å². The van der Waals surface area contributed by atoms with Gasteiger partial charge in [-0.3, -0.25) is 0 Å². The van der Waals surface area contributed by atoms with Gasteiger partial charge >= 0.3 is 0 Å². The fourth-order valence-electron chi connectivity index (χ4n) is 1.95. The van der Waals surface area contributed by atoms with Gasteiger partial charge in [0.15, 0.2) is 0 Å². The lowest BCUT2D eigenvalue weighted by molar-refractivity contribution is 0.249. The first-order valence-corrected chi connectivity index (χ1v) is 7.84. The lowest BCUT2D eigenvalue weighted by Gasteiger charge is -2.36. The summed E-state index contributed by atoms with van der Waals surface area (Å²) < 4.78 is 26.6. The number of sulfonamides is 1. The van der Waals surface area contributed by atoms with Gasteiger partial charge in [-0.1, -0.05) is 36.2 Å². The zero-order valence-corrected chi connectivity index (χ0v) is 12.2. The van der Waals surface area contributed by atoms with Gasteiger partial charge in [-0.05, 0) is 12.1 Å². The van der Waals surface area contributed by atoms with Gasteiger partial charge in [0, 0.05) is 19.6 Å². The van der Waals surface area contributed by atoms with Gasteiger partial charge in [0.1, 0.15) is 4.90 Å². The van der Waals surface area contributed by atoms with Crippen molar-refractivity contribution >= 4 is 33.2 Å². The van der Waals surface area contributed by atoms with Crippen LogP contribution in [0.5, 0.6) is 0 Å². The van der Waals surface area contributed by atoms with Crippen molar-refractivity contribution in [2.75, 3.05) is 19.6 Å². The molecule has 2 rings (SSSR count). The van der Waals surface area contributed by atoms with E-state index < -0.39 is 10.0 Å². The van der Waals surface area contributed by atoms with Crippen molar-refractivity contribution in [3.63, 3.8) is 0 Å². The number of nitrogens with zero attached hydrogens (tertiary/aromatic N) is 1. The molecule has 18 heavy (non-hydrogen) atoms. The molecule has 1 aliphatic rings. The third-order valence-electron chi connectivity index (χ3n) is 2.96. The van der Waals surface area contributed by atoms with Crippen molar-refractivity contribution in [2.24, 2.45) is 0 Å². The van der Waals surface area contributed by atoms with Gasteiger partial charge in [-0.25, -0.2) is 8.42 Å². The molecule has 1 aliphatic heterocycles. The van der Waals surface area contributed by atoms with Crippen LogP contribution < -0.4 is 5.32 Å². The Kier molecular flexibility index (Phi) is 4.18. The Bertz CT molecular complexity index is 524. The minimum Gasteiger partial charge on any atom is -0.313 e. The average Bonchev–Trinajstić information content (AvgIpc) is 2.22. The second kappa shape index (κ2) is 5.35. The van der Waals surface area contributed by atoms with E-state index >= 15 is 0 Å². The lowest BCUT2D eigenvalue weighted by Crippen LogP contribution is -2.58. The smallest absolute Gasteiger partial charge is 0.246 e. The Morgan fingerprint density at radius 3 is 2.28 bits per heavy atom. The number of hydrogen-bond donors (Lipinski definition) is 1. The number of nitrogens with one attached hydrogen (secondary N) is 1. The zero-order valence-electron chi connectivity index (χ0n) is 9.86. The molecule has 1 aromatic carbocycles. The van der Waals surface area contributed by atoms with E-state index in [-0.39, 0.29) is 21.0 Å². The maximum Gasteiger partial charge on any atom is 0.246 e. The van der Waals surface area contributed by atoms with Gasteiger partial charge in [0.25, 0.3) is 0 Å². The molecular weight excluding hydrogens is 295 g/mol. The fourth-order valence-corrected chi connectivity index (χ4v) is 4.68. The van der Waals surface area contributed by atoms with Crippen molar-refractivity contribution in [3.05, 3.63) is 28.2 Å². The van der Waals surface area contributed by atoms with E-state index in [1.807, 2.05) is 0 Å². The molecule has 0 aromatic heterocycles. The molecule has 1 N–H and O–H groups in total. The van der Waals surface area contributed by atoms with Crippen LogP contribution in [0, 0.1) is 0 Å². The summed E-state index contributed by atoms with van der Waals surface area (Å²) in [6.07, 6.45) is 0. The van der Waals surface area contributed by atoms with Crippen LogP contribution in [-0.2, 0) is 10.0 Å². The predicted octanol–water partition coefficient (Wildman–Crippen LogP) is 1.98. The zero-order chi connectivity index (χ0) is 13.3. The van der Waals surface area contributed by atoms with E-state index in [0.717, 1.165) is 0 Å². The monoisotopic (exact) mass is 308 g/mol. The third kappa shape index (κ3) is 2.38. The molecule has 4 nitrogen and oxygen atoms in total. The van der Waals surface area contributed by atoms with Crippen LogP contribution in [0.3, 0.4) is 0 Å². The minimum atomic E-state index is -3.64. The summed E-state index contributed by atoms with van der Waals surface area (Å²) in [6.45, 7) is 3.53. The summed E-state index contributed by atoms with van der Waals surface area (Å²) in [7, 11) is -3.64. The van der Waals surface area contributed by atoms with Gasteiger partial charge in [-0.2, -0.15) is 4.31 Å². The normalized spacial score (nSPS) is 16.9. The topological polar surface area (TPSA) is 49.4 Å². The first-order valence-electron chi connectivity index (χ1n) is 5.65. The highest BCUT2D eigenvalue weighted by Crippen LogP contribution is 2.32. The first-order chi connectivity index (χ1) is 8.48. The standard InChI is InChI=1S/C11H14Cl2N2O2S/c1-2-15(8-6-14-7-8)18(16,17)11-9(12)4-3-5-10(11)13/h3-5,8,14H,2,6-7H2,1H3. The maximum atomic E-state index is 12.6. The van der Waals surface area contributed by atoms with E-state index in [2.05, 4.69) is 5.32 Å². The Labute approximate surface area is 117 Å². The number of benzene rings is 1. The highest BCUT2D eigenvalue weighted by Gasteiger charge is 2.35. The van der Waals surface area contributed by atoms with Crippen molar-refractivity contribution in [2.45, 2.75) is 17.9 Å². The molecule has 1 heterocycles. The summed E-state index contributed by atoms with van der Waals surface area (Å²) >= 11 is 12.0.